The largest absolute Gasteiger partial charge is 0.325 e. The van der Waals surface area contributed by atoms with Crippen LogP contribution in [0.25, 0.3) is 0 Å². The van der Waals surface area contributed by atoms with Crippen molar-refractivity contribution >= 4 is 52.1 Å². The minimum Gasteiger partial charge on any atom is -0.325 e. The lowest BCUT2D eigenvalue weighted by Gasteiger charge is -2.09. The monoisotopic (exact) mass is 428 g/mol. The lowest BCUT2D eigenvalue weighted by Crippen LogP contribution is -2.15. The highest BCUT2D eigenvalue weighted by Crippen LogP contribution is 2.24. The Morgan fingerprint density at radius 3 is 2.41 bits per heavy atom. The lowest BCUT2D eigenvalue weighted by atomic mass is 10.1. The van der Waals surface area contributed by atoms with E-state index in [0.717, 1.165) is 11.8 Å². The van der Waals surface area contributed by atoms with E-state index in [1.807, 2.05) is 5.38 Å². The number of halogens is 1. The van der Waals surface area contributed by atoms with Crippen LogP contribution in [0.1, 0.15) is 27.0 Å². The molecule has 0 radical (unpaired) electrons. The van der Waals surface area contributed by atoms with E-state index in [4.69, 9.17) is 0 Å². The number of hydrogen-bond donors (Lipinski definition) is 2. The molecule has 148 valence electrons. The van der Waals surface area contributed by atoms with E-state index in [2.05, 4.69) is 10.6 Å². The number of thiophene rings is 1. The van der Waals surface area contributed by atoms with Crippen LogP contribution >= 0.6 is 23.1 Å². The van der Waals surface area contributed by atoms with Gasteiger partial charge in [0.05, 0.1) is 10.6 Å². The van der Waals surface area contributed by atoms with Crippen LogP contribution < -0.4 is 10.6 Å². The number of carbonyl (C=O) groups excluding carboxylic acids is 3. The van der Waals surface area contributed by atoms with Crippen LogP contribution in [0.5, 0.6) is 0 Å². The van der Waals surface area contributed by atoms with Gasteiger partial charge in [-0.1, -0.05) is 18.2 Å². The fourth-order valence-corrected chi connectivity index (χ4v) is 3.79. The van der Waals surface area contributed by atoms with Gasteiger partial charge in [0.25, 0.3) is 5.91 Å². The number of amides is 2. The molecule has 0 aliphatic rings. The fraction of sp³-hybridized carbons (Fsp3) is 0.0952. The average Bonchev–Trinajstić information content (AvgIpc) is 3.22. The molecule has 3 aromatic rings. The first-order valence-electron chi connectivity index (χ1n) is 8.60. The molecule has 0 atom stereocenters. The summed E-state index contributed by atoms with van der Waals surface area (Å²) in [6.45, 7) is 1.37. The van der Waals surface area contributed by atoms with E-state index in [-0.39, 0.29) is 28.9 Å². The van der Waals surface area contributed by atoms with Crippen LogP contribution in [0.4, 0.5) is 15.8 Å². The quantitative estimate of drug-likeness (QED) is 0.407. The van der Waals surface area contributed by atoms with Crippen LogP contribution in [0.2, 0.25) is 0 Å². The van der Waals surface area contributed by atoms with E-state index < -0.39 is 5.82 Å². The number of anilines is 2. The van der Waals surface area contributed by atoms with Crippen molar-refractivity contribution in [3.63, 3.8) is 0 Å². The van der Waals surface area contributed by atoms with Gasteiger partial charge in [0, 0.05) is 21.8 Å². The van der Waals surface area contributed by atoms with Crippen molar-refractivity contribution in [1.29, 1.82) is 0 Å². The van der Waals surface area contributed by atoms with Gasteiger partial charge < -0.3 is 10.6 Å². The third kappa shape index (κ3) is 5.75. The van der Waals surface area contributed by atoms with E-state index in [1.54, 1.807) is 36.4 Å². The molecule has 0 bridgehead atoms. The maximum Gasteiger partial charge on any atom is 0.265 e. The molecule has 0 fully saturated rings. The number of hydrogen-bond acceptors (Lipinski definition) is 5. The Labute approximate surface area is 175 Å². The Hall–Kier alpha value is -2.97. The molecule has 1 aromatic heterocycles. The van der Waals surface area contributed by atoms with Crippen molar-refractivity contribution in [3.05, 3.63) is 76.2 Å². The Balaban J connectivity index is 1.57. The highest BCUT2D eigenvalue weighted by molar-refractivity contribution is 8.00. The number of Topliss-reactive ketones (excluding diaryl/α,β-unsaturated/α-hetero) is 1. The zero-order chi connectivity index (χ0) is 20.8. The summed E-state index contributed by atoms with van der Waals surface area (Å²) in [7, 11) is 0. The van der Waals surface area contributed by atoms with Gasteiger partial charge in [0.2, 0.25) is 5.91 Å². The molecule has 0 spiro atoms. The van der Waals surface area contributed by atoms with Gasteiger partial charge in [-0.25, -0.2) is 4.39 Å². The number of carbonyl (C=O) groups is 3. The van der Waals surface area contributed by atoms with Crippen LogP contribution in [-0.2, 0) is 4.79 Å². The number of thioether (sulfide) groups is 1. The second-order valence-electron chi connectivity index (χ2n) is 6.05. The van der Waals surface area contributed by atoms with Crippen molar-refractivity contribution in [3.8, 4) is 0 Å². The first-order valence-corrected chi connectivity index (χ1v) is 10.5. The van der Waals surface area contributed by atoms with Gasteiger partial charge in [-0.3, -0.25) is 14.4 Å². The second kappa shape index (κ2) is 9.49. The maximum atomic E-state index is 14.0. The van der Waals surface area contributed by atoms with E-state index >= 15 is 0 Å². The number of nitrogens with one attached hydrogen (secondary N) is 2. The van der Waals surface area contributed by atoms with Crippen LogP contribution in [0.15, 0.2) is 64.9 Å². The van der Waals surface area contributed by atoms with Gasteiger partial charge >= 0.3 is 0 Å². The third-order valence-corrected chi connectivity index (χ3v) is 5.76. The Kier molecular flexibility index (Phi) is 6.79. The van der Waals surface area contributed by atoms with Crippen molar-refractivity contribution in [2.45, 2.75) is 11.8 Å². The summed E-state index contributed by atoms with van der Waals surface area (Å²) in [6, 6.07) is 14.5. The third-order valence-electron chi connectivity index (χ3n) is 3.85. The molecule has 29 heavy (non-hydrogen) atoms. The Morgan fingerprint density at radius 1 is 1.00 bits per heavy atom. The van der Waals surface area contributed by atoms with Gasteiger partial charge in [-0.2, -0.15) is 0 Å². The minimum absolute atomic E-state index is 0.00210. The highest BCUT2D eigenvalue weighted by atomic mass is 32.2. The van der Waals surface area contributed by atoms with Crippen molar-refractivity contribution < 1.29 is 18.8 Å². The number of ketones is 1. The minimum atomic E-state index is -0.534. The highest BCUT2D eigenvalue weighted by Gasteiger charge is 2.11. The molecular weight excluding hydrogens is 411 g/mol. The van der Waals surface area contributed by atoms with Gasteiger partial charge in [0.15, 0.2) is 5.78 Å². The summed E-state index contributed by atoms with van der Waals surface area (Å²) in [4.78, 5) is 36.5. The van der Waals surface area contributed by atoms with Gasteiger partial charge in [-0.05, 0) is 48.7 Å². The molecule has 5 nitrogen and oxygen atoms in total. The second-order valence-corrected chi connectivity index (χ2v) is 8.02. The predicted octanol–water partition coefficient (Wildman–Crippen LogP) is 5.07. The molecule has 2 amide bonds. The zero-order valence-electron chi connectivity index (χ0n) is 15.4. The van der Waals surface area contributed by atoms with Gasteiger partial charge in [-0.15, -0.1) is 23.1 Å². The van der Waals surface area contributed by atoms with E-state index in [0.29, 0.717) is 21.1 Å². The molecule has 2 N–H and O–H groups in total. The standard InChI is InChI=1S/C21H17FN2O3S2/c1-13(25)14-7-8-18(17(22)10-14)29-12-20(26)23-15-4-2-5-16(11-15)24-21(27)19-6-3-9-28-19/h2-11H,12H2,1H3,(H,23,26)(H,24,27). The van der Waals surface area contributed by atoms with E-state index in [1.165, 1.54) is 36.5 Å². The van der Waals surface area contributed by atoms with Crippen LogP contribution in [0, 0.1) is 5.82 Å². The number of benzene rings is 2. The lowest BCUT2D eigenvalue weighted by molar-refractivity contribution is -0.113. The first kappa shape index (κ1) is 20.8. The molecule has 0 aliphatic heterocycles. The zero-order valence-corrected chi connectivity index (χ0v) is 17.0. The smallest absolute Gasteiger partial charge is 0.265 e. The molecule has 0 unspecified atom stereocenters. The molecule has 1 heterocycles. The first-order chi connectivity index (χ1) is 13.9. The van der Waals surface area contributed by atoms with Crippen LogP contribution in [-0.4, -0.2) is 23.4 Å². The molecule has 0 saturated heterocycles. The Bertz CT molecular complexity index is 1050. The average molecular weight is 429 g/mol. The van der Waals surface area contributed by atoms with Crippen LogP contribution in [0.3, 0.4) is 0 Å². The summed E-state index contributed by atoms with van der Waals surface area (Å²) >= 11 is 2.38. The summed E-state index contributed by atoms with van der Waals surface area (Å²) in [6.07, 6.45) is 0. The normalized spacial score (nSPS) is 10.4. The molecule has 8 heteroatoms. The molecule has 3 rings (SSSR count). The molecular formula is C21H17FN2O3S2. The summed E-state index contributed by atoms with van der Waals surface area (Å²) in [5.74, 6) is -1.28. The van der Waals surface area contributed by atoms with Crippen molar-refractivity contribution in [1.82, 2.24) is 0 Å². The summed E-state index contributed by atoms with van der Waals surface area (Å²) < 4.78 is 14.0. The molecule has 0 saturated carbocycles. The summed E-state index contributed by atoms with van der Waals surface area (Å²) in [5.41, 5.74) is 1.37. The summed E-state index contributed by atoms with van der Waals surface area (Å²) in [5, 5.41) is 7.32. The maximum absolute atomic E-state index is 14.0. The Morgan fingerprint density at radius 2 is 1.76 bits per heavy atom. The topological polar surface area (TPSA) is 75.3 Å². The predicted molar refractivity (Wildman–Crippen MR) is 114 cm³/mol. The SMILES string of the molecule is CC(=O)c1ccc(SCC(=O)Nc2cccc(NC(=O)c3cccs3)c2)c(F)c1. The molecule has 2 aromatic carbocycles. The van der Waals surface area contributed by atoms with Crippen molar-refractivity contribution in [2.24, 2.45) is 0 Å². The van der Waals surface area contributed by atoms with Crippen molar-refractivity contribution in [2.75, 3.05) is 16.4 Å². The fourth-order valence-electron chi connectivity index (χ4n) is 2.45. The van der Waals surface area contributed by atoms with E-state index in [9.17, 15) is 18.8 Å². The number of rotatable bonds is 7. The molecule has 0 aliphatic carbocycles. The van der Waals surface area contributed by atoms with Gasteiger partial charge in [0.1, 0.15) is 5.82 Å².